The van der Waals surface area contributed by atoms with Crippen LogP contribution in [-0.2, 0) is 13.1 Å². The van der Waals surface area contributed by atoms with Crippen molar-refractivity contribution in [1.29, 1.82) is 0 Å². The number of imidazole rings is 1. The van der Waals surface area contributed by atoms with Crippen LogP contribution in [0.15, 0.2) is 48.0 Å². The molecular formula is C17H23N5. The maximum Gasteiger partial charge on any atom is 0.188 e. The molecule has 3 N–H and O–H groups in total. The lowest BCUT2D eigenvalue weighted by molar-refractivity contribution is 0.315. The standard InChI is InChI=1S/C17H23N5/c18-17(20-10-14-2-1-3-14)21-11-15-4-6-16(7-5-15)12-22-9-8-19-13-22/h4-9,13-14H,1-3,10-12H2,(H3,18,20,21). The van der Waals surface area contributed by atoms with E-state index in [1.807, 2.05) is 12.5 Å². The highest BCUT2D eigenvalue weighted by Crippen LogP contribution is 2.24. The molecule has 5 nitrogen and oxygen atoms in total. The molecule has 3 rings (SSSR count). The summed E-state index contributed by atoms with van der Waals surface area (Å²) in [5, 5.41) is 3.21. The van der Waals surface area contributed by atoms with E-state index in [-0.39, 0.29) is 0 Å². The zero-order valence-electron chi connectivity index (χ0n) is 12.8. The highest BCUT2D eigenvalue weighted by molar-refractivity contribution is 5.77. The Labute approximate surface area is 131 Å². The Morgan fingerprint density at radius 3 is 2.68 bits per heavy atom. The molecule has 0 atom stereocenters. The summed E-state index contributed by atoms with van der Waals surface area (Å²) in [6.45, 7) is 2.42. The topological polar surface area (TPSA) is 68.2 Å². The van der Waals surface area contributed by atoms with Gasteiger partial charge in [0.25, 0.3) is 0 Å². The molecule has 0 amide bonds. The fourth-order valence-corrected chi connectivity index (χ4v) is 2.52. The first-order chi connectivity index (χ1) is 10.8. The largest absolute Gasteiger partial charge is 0.370 e. The number of rotatable bonds is 6. The second kappa shape index (κ2) is 7.11. The molecule has 5 heteroatoms. The van der Waals surface area contributed by atoms with Gasteiger partial charge < -0.3 is 15.6 Å². The molecule has 0 spiro atoms. The van der Waals surface area contributed by atoms with Gasteiger partial charge in [0, 0.05) is 25.5 Å². The second-order valence-electron chi connectivity index (χ2n) is 5.93. The van der Waals surface area contributed by atoms with E-state index in [4.69, 9.17) is 5.73 Å². The third-order valence-corrected chi connectivity index (χ3v) is 4.18. The van der Waals surface area contributed by atoms with E-state index in [2.05, 4.69) is 44.1 Å². The van der Waals surface area contributed by atoms with Crippen molar-refractivity contribution in [2.75, 3.05) is 6.54 Å². The monoisotopic (exact) mass is 297 g/mol. The van der Waals surface area contributed by atoms with Crippen LogP contribution in [0, 0.1) is 5.92 Å². The minimum absolute atomic E-state index is 0.550. The van der Waals surface area contributed by atoms with Crippen molar-refractivity contribution in [3.63, 3.8) is 0 Å². The molecule has 0 unspecified atom stereocenters. The first-order valence-electron chi connectivity index (χ1n) is 7.87. The summed E-state index contributed by atoms with van der Waals surface area (Å²) in [4.78, 5) is 8.45. The minimum Gasteiger partial charge on any atom is -0.370 e. The van der Waals surface area contributed by atoms with Crippen molar-refractivity contribution in [3.05, 3.63) is 54.1 Å². The van der Waals surface area contributed by atoms with Gasteiger partial charge in [-0.1, -0.05) is 30.7 Å². The molecule has 1 aromatic carbocycles. The molecule has 2 aromatic rings. The number of nitrogens with two attached hydrogens (primary N) is 1. The molecule has 0 bridgehead atoms. The predicted octanol–water partition coefficient (Wildman–Crippen LogP) is 2.14. The molecule has 1 aliphatic carbocycles. The van der Waals surface area contributed by atoms with Gasteiger partial charge in [-0.3, -0.25) is 0 Å². The van der Waals surface area contributed by atoms with Gasteiger partial charge in [0.2, 0.25) is 0 Å². The van der Waals surface area contributed by atoms with Gasteiger partial charge in [-0.2, -0.15) is 0 Å². The number of benzene rings is 1. The Morgan fingerprint density at radius 2 is 2.05 bits per heavy atom. The fourth-order valence-electron chi connectivity index (χ4n) is 2.52. The Balaban J connectivity index is 1.47. The van der Waals surface area contributed by atoms with Crippen LogP contribution in [0.2, 0.25) is 0 Å². The van der Waals surface area contributed by atoms with E-state index in [1.54, 1.807) is 6.20 Å². The molecule has 1 aliphatic rings. The fraction of sp³-hybridized carbons (Fsp3) is 0.412. The van der Waals surface area contributed by atoms with Crippen LogP contribution < -0.4 is 11.1 Å². The molecule has 0 radical (unpaired) electrons. The van der Waals surface area contributed by atoms with Crippen LogP contribution in [0.1, 0.15) is 30.4 Å². The van der Waals surface area contributed by atoms with Crippen LogP contribution >= 0.6 is 0 Å². The van der Waals surface area contributed by atoms with Gasteiger partial charge in [-0.25, -0.2) is 9.98 Å². The molecular weight excluding hydrogens is 274 g/mol. The summed E-state index contributed by atoms with van der Waals surface area (Å²) >= 11 is 0. The molecule has 1 aromatic heterocycles. The Hall–Kier alpha value is -2.30. The summed E-state index contributed by atoms with van der Waals surface area (Å²) < 4.78 is 2.05. The van der Waals surface area contributed by atoms with Crippen molar-refractivity contribution in [1.82, 2.24) is 14.9 Å². The summed E-state index contributed by atoms with van der Waals surface area (Å²) in [7, 11) is 0. The zero-order valence-corrected chi connectivity index (χ0v) is 12.8. The molecule has 0 saturated heterocycles. The van der Waals surface area contributed by atoms with E-state index in [9.17, 15) is 0 Å². The van der Waals surface area contributed by atoms with E-state index in [0.717, 1.165) is 19.0 Å². The maximum absolute atomic E-state index is 5.90. The third kappa shape index (κ3) is 4.10. The van der Waals surface area contributed by atoms with Gasteiger partial charge >= 0.3 is 0 Å². The van der Waals surface area contributed by atoms with E-state index in [1.165, 1.54) is 30.4 Å². The summed E-state index contributed by atoms with van der Waals surface area (Å²) in [6.07, 6.45) is 9.58. The number of nitrogens with one attached hydrogen (secondary N) is 1. The number of aliphatic imine (C=N–C) groups is 1. The maximum atomic E-state index is 5.90. The molecule has 0 aliphatic heterocycles. The summed E-state index contributed by atoms with van der Waals surface area (Å²) in [5.41, 5.74) is 8.32. The highest BCUT2D eigenvalue weighted by Gasteiger charge is 2.16. The van der Waals surface area contributed by atoms with Gasteiger partial charge in [-0.05, 0) is 29.9 Å². The number of hydrogen-bond donors (Lipinski definition) is 2. The summed E-state index contributed by atoms with van der Waals surface area (Å²) in [6, 6.07) is 8.47. The van der Waals surface area contributed by atoms with Crippen molar-refractivity contribution < 1.29 is 0 Å². The van der Waals surface area contributed by atoms with Crippen LogP contribution in [0.4, 0.5) is 0 Å². The van der Waals surface area contributed by atoms with Crippen LogP contribution in [0.5, 0.6) is 0 Å². The van der Waals surface area contributed by atoms with Crippen molar-refractivity contribution >= 4 is 5.96 Å². The van der Waals surface area contributed by atoms with Gasteiger partial charge in [-0.15, -0.1) is 0 Å². The smallest absolute Gasteiger partial charge is 0.188 e. The lowest BCUT2D eigenvalue weighted by Gasteiger charge is -2.25. The SMILES string of the molecule is NC(=NCc1ccc(Cn2ccnc2)cc1)NCC1CCC1. The molecule has 116 valence electrons. The Kier molecular flexibility index (Phi) is 4.73. The van der Waals surface area contributed by atoms with Gasteiger partial charge in [0.1, 0.15) is 0 Å². The number of aromatic nitrogens is 2. The van der Waals surface area contributed by atoms with Gasteiger partial charge in [0.05, 0.1) is 12.9 Å². The van der Waals surface area contributed by atoms with Gasteiger partial charge in [0.15, 0.2) is 5.96 Å². The van der Waals surface area contributed by atoms with Crippen LogP contribution in [0.25, 0.3) is 0 Å². The predicted molar refractivity (Wildman–Crippen MR) is 88.4 cm³/mol. The van der Waals surface area contributed by atoms with Crippen LogP contribution in [0.3, 0.4) is 0 Å². The quantitative estimate of drug-likeness (QED) is 0.634. The lowest BCUT2D eigenvalue weighted by Crippen LogP contribution is -2.37. The number of hydrogen-bond acceptors (Lipinski definition) is 2. The van der Waals surface area contributed by atoms with Crippen molar-refractivity contribution in [2.45, 2.75) is 32.4 Å². The van der Waals surface area contributed by atoms with E-state index in [0.29, 0.717) is 12.5 Å². The Bertz CT molecular complexity index is 596. The average molecular weight is 297 g/mol. The number of nitrogens with zero attached hydrogens (tertiary/aromatic N) is 3. The Morgan fingerprint density at radius 1 is 1.27 bits per heavy atom. The third-order valence-electron chi connectivity index (χ3n) is 4.18. The van der Waals surface area contributed by atoms with Crippen LogP contribution in [-0.4, -0.2) is 22.1 Å². The first-order valence-corrected chi connectivity index (χ1v) is 7.87. The van der Waals surface area contributed by atoms with E-state index >= 15 is 0 Å². The molecule has 1 heterocycles. The summed E-state index contributed by atoms with van der Waals surface area (Å²) in [5.74, 6) is 1.34. The second-order valence-corrected chi connectivity index (χ2v) is 5.93. The first kappa shape index (κ1) is 14.6. The molecule has 22 heavy (non-hydrogen) atoms. The molecule has 1 fully saturated rings. The lowest BCUT2D eigenvalue weighted by atomic mass is 9.85. The zero-order chi connectivity index (χ0) is 15.2. The van der Waals surface area contributed by atoms with E-state index < -0.39 is 0 Å². The number of guanidine groups is 1. The normalized spacial score (nSPS) is 15.5. The highest BCUT2D eigenvalue weighted by atomic mass is 15.1. The molecule has 1 saturated carbocycles. The van der Waals surface area contributed by atoms with Crippen molar-refractivity contribution in [3.8, 4) is 0 Å². The van der Waals surface area contributed by atoms with Crippen molar-refractivity contribution in [2.24, 2.45) is 16.6 Å². The minimum atomic E-state index is 0.550. The average Bonchev–Trinajstić information content (AvgIpc) is 2.98.